The molecule has 1 aromatic carbocycles. The Morgan fingerprint density at radius 3 is 2.81 bits per heavy atom. The van der Waals surface area contributed by atoms with Crippen LogP contribution in [0.4, 0.5) is 5.69 Å². The molecule has 1 aromatic heterocycles. The van der Waals surface area contributed by atoms with Crippen molar-refractivity contribution >= 4 is 33.9 Å². The zero-order valence-electron chi connectivity index (χ0n) is 12.4. The highest BCUT2D eigenvalue weighted by Gasteiger charge is 2.13. The van der Waals surface area contributed by atoms with Crippen LogP contribution in [-0.2, 0) is 7.05 Å². The predicted molar refractivity (Wildman–Crippen MR) is 88.3 cm³/mol. The number of aryl methyl sites for hydroxylation is 1. The van der Waals surface area contributed by atoms with Crippen LogP contribution in [0.1, 0.15) is 0 Å². The van der Waals surface area contributed by atoms with Gasteiger partial charge in [0, 0.05) is 25.5 Å². The highest BCUT2D eigenvalue weighted by atomic mass is 32.1. The van der Waals surface area contributed by atoms with Crippen LogP contribution < -0.4 is 5.32 Å². The molecule has 112 valence electrons. The summed E-state index contributed by atoms with van der Waals surface area (Å²) in [5, 5.41) is 22.3. The van der Waals surface area contributed by atoms with Gasteiger partial charge < -0.3 is 19.9 Å². The maximum atomic E-state index is 10.1. The lowest BCUT2D eigenvalue weighted by molar-refractivity contribution is 0.413. The van der Waals surface area contributed by atoms with E-state index in [2.05, 4.69) is 15.5 Å². The number of hydrogen-bond acceptors (Lipinski definition) is 4. The van der Waals surface area contributed by atoms with Crippen molar-refractivity contribution in [3.8, 4) is 5.88 Å². The molecule has 0 aliphatic rings. The zero-order valence-corrected chi connectivity index (χ0v) is 13.2. The van der Waals surface area contributed by atoms with Gasteiger partial charge in [0.2, 0.25) is 11.0 Å². The van der Waals surface area contributed by atoms with Crippen LogP contribution in [0.15, 0.2) is 34.5 Å². The lowest BCUT2D eigenvalue weighted by atomic mass is 10.2. The second kappa shape index (κ2) is 6.64. The van der Waals surface area contributed by atoms with Crippen LogP contribution in [0.25, 0.3) is 10.9 Å². The van der Waals surface area contributed by atoms with Gasteiger partial charge in [-0.2, -0.15) is 0 Å². The number of azo groups is 1. The minimum atomic E-state index is 0.0797. The first kappa shape index (κ1) is 15.4. The van der Waals surface area contributed by atoms with E-state index in [-0.39, 0.29) is 5.88 Å². The summed E-state index contributed by atoms with van der Waals surface area (Å²) in [7, 11) is 5.76. The Hall–Kier alpha value is -1.99. The average Bonchev–Trinajstić information content (AvgIpc) is 2.69. The van der Waals surface area contributed by atoms with Gasteiger partial charge in [0.25, 0.3) is 0 Å². The normalized spacial score (nSPS) is 11.6. The van der Waals surface area contributed by atoms with Crippen molar-refractivity contribution in [2.24, 2.45) is 17.3 Å². The van der Waals surface area contributed by atoms with Gasteiger partial charge in [-0.1, -0.05) is 18.2 Å². The highest BCUT2D eigenvalue weighted by molar-refractivity contribution is 7.80. The standard InChI is InChI=1S/C14H19N5OS/c1-18(2)9-8-15-14(21)17-16-12-10-6-4-5-7-11(10)19(3)13(12)20/h4-7,20H,8-9H2,1-3H3,(H,15,21). The first-order valence-corrected chi connectivity index (χ1v) is 7.02. The molecule has 0 atom stereocenters. The van der Waals surface area contributed by atoms with Gasteiger partial charge in [-0.05, 0) is 32.4 Å². The molecule has 2 N–H and O–H groups in total. The highest BCUT2D eigenvalue weighted by Crippen LogP contribution is 2.37. The lowest BCUT2D eigenvalue weighted by Gasteiger charge is -2.09. The topological polar surface area (TPSA) is 65.2 Å². The third-order valence-electron chi connectivity index (χ3n) is 3.13. The van der Waals surface area contributed by atoms with Crippen molar-refractivity contribution < 1.29 is 5.11 Å². The fourth-order valence-electron chi connectivity index (χ4n) is 1.98. The molecule has 2 aromatic rings. The number of hydrogen-bond donors (Lipinski definition) is 2. The van der Waals surface area contributed by atoms with Crippen LogP contribution in [0, 0.1) is 0 Å². The van der Waals surface area contributed by atoms with Crippen LogP contribution in [0.3, 0.4) is 0 Å². The number of rotatable bonds is 4. The Labute approximate surface area is 129 Å². The molecule has 0 spiro atoms. The van der Waals surface area contributed by atoms with E-state index in [4.69, 9.17) is 12.2 Å². The monoisotopic (exact) mass is 305 g/mol. The summed E-state index contributed by atoms with van der Waals surface area (Å²) >= 11 is 5.10. The summed E-state index contributed by atoms with van der Waals surface area (Å²) in [6.07, 6.45) is 0. The van der Waals surface area contributed by atoms with E-state index < -0.39 is 0 Å². The van der Waals surface area contributed by atoms with E-state index >= 15 is 0 Å². The lowest BCUT2D eigenvalue weighted by Crippen LogP contribution is -2.29. The van der Waals surface area contributed by atoms with Crippen molar-refractivity contribution in [1.82, 2.24) is 14.8 Å². The van der Waals surface area contributed by atoms with E-state index in [9.17, 15) is 5.11 Å². The Balaban J connectivity index is 2.14. The van der Waals surface area contributed by atoms with Crippen LogP contribution in [0.2, 0.25) is 0 Å². The number of para-hydroxylation sites is 1. The largest absolute Gasteiger partial charge is 0.493 e. The number of fused-ring (bicyclic) bond motifs is 1. The van der Waals surface area contributed by atoms with Crippen molar-refractivity contribution in [3.63, 3.8) is 0 Å². The quantitative estimate of drug-likeness (QED) is 0.672. The predicted octanol–water partition coefficient (Wildman–Crippen LogP) is 2.40. The van der Waals surface area contributed by atoms with Gasteiger partial charge in [-0.25, -0.2) is 0 Å². The molecule has 0 saturated carbocycles. The molecule has 6 nitrogen and oxygen atoms in total. The number of thiocarbonyl (C=S) groups is 1. The zero-order chi connectivity index (χ0) is 15.4. The fraction of sp³-hybridized carbons (Fsp3) is 0.357. The molecule has 0 amide bonds. The van der Waals surface area contributed by atoms with Gasteiger partial charge in [0.1, 0.15) is 0 Å². The van der Waals surface area contributed by atoms with Crippen LogP contribution in [0.5, 0.6) is 5.88 Å². The molecule has 0 radical (unpaired) electrons. The van der Waals surface area contributed by atoms with Crippen molar-refractivity contribution in [3.05, 3.63) is 24.3 Å². The molecule has 0 aliphatic carbocycles. The molecule has 0 unspecified atom stereocenters. The Bertz CT molecular complexity index is 677. The van der Waals surface area contributed by atoms with Gasteiger partial charge in [0.15, 0.2) is 5.69 Å². The van der Waals surface area contributed by atoms with E-state index in [1.165, 1.54) is 0 Å². The maximum absolute atomic E-state index is 10.1. The van der Waals surface area contributed by atoms with Gasteiger partial charge in [0.05, 0.1) is 5.52 Å². The minimum absolute atomic E-state index is 0.0797. The summed E-state index contributed by atoms with van der Waals surface area (Å²) in [4.78, 5) is 2.04. The summed E-state index contributed by atoms with van der Waals surface area (Å²) in [6.45, 7) is 1.56. The average molecular weight is 305 g/mol. The van der Waals surface area contributed by atoms with E-state index in [0.29, 0.717) is 17.3 Å². The molecule has 0 saturated heterocycles. The van der Waals surface area contributed by atoms with E-state index in [0.717, 1.165) is 17.4 Å². The number of aromatic hydroxyl groups is 1. The molecule has 1 heterocycles. The molecule has 0 bridgehead atoms. The first-order chi connectivity index (χ1) is 10.0. The summed E-state index contributed by atoms with van der Waals surface area (Å²) in [5.41, 5.74) is 1.33. The van der Waals surface area contributed by atoms with Gasteiger partial charge in [-0.3, -0.25) is 0 Å². The number of likely N-dealkylation sites (N-methyl/N-ethyl adjacent to an activating group) is 1. The van der Waals surface area contributed by atoms with Gasteiger partial charge >= 0.3 is 0 Å². The second-order valence-corrected chi connectivity index (χ2v) is 5.37. The minimum Gasteiger partial charge on any atom is -0.493 e. The summed E-state index contributed by atoms with van der Waals surface area (Å²) < 4.78 is 1.67. The number of nitrogens with one attached hydrogen (secondary N) is 1. The van der Waals surface area contributed by atoms with Crippen LogP contribution in [-0.4, -0.2) is 46.9 Å². The molecule has 7 heteroatoms. The van der Waals surface area contributed by atoms with Crippen molar-refractivity contribution in [1.29, 1.82) is 0 Å². The number of nitrogens with zero attached hydrogens (tertiary/aromatic N) is 4. The molecule has 0 fully saturated rings. The van der Waals surface area contributed by atoms with E-state index in [1.54, 1.807) is 11.6 Å². The Kier molecular flexibility index (Phi) is 4.87. The smallest absolute Gasteiger partial charge is 0.220 e. The fourth-order valence-corrected chi connectivity index (χ4v) is 2.12. The third-order valence-corrected chi connectivity index (χ3v) is 3.35. The SMILES string of the molecule is CN(C)CCNC(=S)N=Nc1c(O)n(C)c2ccccc12. The Morgan fingerprint density at radius 1 is 1.38 bits per heavy atom. The Morgan fingerprint density at radius 2 is 2.10 bits per heavy atom. The molecular formula is C14H19N5OS. The molecule has 2 rings (SSSR count). The number of aromatic nitrogens is 1. The number of benzene rings is 1. The van der Waals surface area contributed by atoms with Crippen LogP contribution >= 0.6 is 12.2 Å². The first-order valence-electron chi connectivity index (χ1n) is 6.61. The van der Waals surface area contributed by atoms with E-state index in [1.807, 2.05) is 43.3 Å². The van der Waals surface area contributed by atoms with Gasteiger partial charge in [-0.15, -0.1) is 10.2 Å². The molecule has 21 heavy (non-hydrogen) atoms. The second-order valence-electron chi connectivity index (χ2n) is 4.98. The van der Waals surface area contributed by atoms with Crippen molar-refractivity contribution in [2.45, 2.75) is 0 Å². The molecule has 0 aliphatic heterocycles. The van der Waals surface area contributed by atoms with Crippen molar-refractivity contribution in [2.75, 3.05) is 27.2 Å². The maximum Gasteiger partial charge on any atom is 0.220 e. The third kappa shape index (κ3) is 3.56. The summed E-state index contributed by atoms with van der Waals surface area (Å²) in [5.74, 6) is 0.0797. The summed E-state index contributed by atoms with van der Waals surface area (Å²) in [6, 6.07) is 7.62. The molecular weight excluding hydrogens is 286 g/mol.